The number of anilines is 2. The van der Waals surface area contributed by atoms with E-state index in [-0.39, 0.29) is 11.8 Å². The minimum Gasteiger partial charge on any atom is -0.371 e. The third-order valence-electron chi connectivity index (χ3n) is 5.66. The lowest BCUT2D eigenvalue weighted by Gasteiger charge is -2.21. The van der Waals surface area contributed by atoms with Gasteiger partial charge in [0.1, 0.15) is 11.7 Å². The van der Waals surface area contributed by atoms with Crippen LogP contribution in [-0.4, -0.2) is 35.5 Å². The number of unbranched alkanes of at least 4 members (excludes halogenated alkanes) is 1. The Kier molecular flexibility index (Phi) is 6.96. The van der Waals surface area contributed by atoms with E-state index in [1.54, 1.807) is 6.07 Å². The summed E-state index contributed by atoms with van der Waals surface area (Å²) in [7, 11) is 1.86. The first-order valence-electron chi connectivity index (χ1n) is 10.6. The van der Waals surface area contributed by atoms with Crippen LogP contribution < -0.4 is 15.5 Å². The maximum Gasteiger partial charge on any atom is 0.268 e. The van der Waals surface area contributed by atoms with Crippen LogP contribution in [0.25, 0.3) is 0 Å². The van der Waals surface area contributed by atoms with E-state index in [9.17, 15) is 9.59 Å². The molecule has 156 valence electrons. The average molecular weight is 397 g/mol. The van der Waals surface area contributed by atoms with Crippen molar-refractivity contribution in [2.75, 3.05) is 23.3 Å². The molecular formula is C23H32N4O2. The number of carbonyl (C=O) groups is 2. The van der Waals surface area contributed by atoms with Gasteiger partial charge in [0.25, 0.3) is 5.91 Å². The van der Waals surface area contributed by atoms with Crippen molar-refractivity contribution >= 4 is 23.2 Å². The topological polar surface area (TPSA) is 66.4 Å². The van der Waals surface area contributed by atoms with Gasteiger partial charge in [-0.3, -0.25) is 9.59 Å². The molecule has 0 bridgehead atoms. The molecule has 1 aromatic carbocycles. The lowest BCUT2D eigenvalue weighted by Crippen LogP contribution is -2.44. The van der Waals surface area contributed by atoms with Crippen molar-refractivity contribution < 1.29 is 9.59 Å². The van der Waals surface area contributed by atoms with Gasteiger partial charge in [0.15, 0.2) is 0 Å². The zero-order valence-electron chi connectivity index (χ0n) is 17.7. The second-order valence-corrected chi connectivity index (χ2v) is 7.82. The second-order valence-electron chi connectivity index (χ2n) is 7.82. The molecule has 3 rings (SSSR count). The molecule has 1 unspecified atom stereocenters. The fourth-order valence-electron chi connectivity index (χ4n) is 3.74. The highest BCUT2D eigenvalue weighted by molar-refractivity contribution is 6.00. The highest BCUT2D eigenvalue weighted by atomic mass is 16.2. The van der Waals surface area contributed by atoms with Gasteiger partial charge in [0.2, 0.25) is 5.91 Å². The molecule has 1 saturated heterocycles. The van der Waals surface area contributed by atoms with E-state index in [0.717, 1.165) is 43.0 Å². The van der Waals surface area contributed by atoms with Gasteiger partial charge in [-0.15, -0.1) is 0 Å². The third-order valence-corrected chi connectivity index (χ3v) is 5.66. The molecule has 1 atom stereocenters. The molecule has 1 aliphatic rings. The van der Waals surface area contributed by atoms with Crippen LogP contribution in [0.15, 0.2) is 36.4 Å². The summed E-state index contributed by atoms with van der Waals surface area (Å²) in [6.45, 7) is 6.15. The number of carbonyl (C=O) groups excluding carboxylic acids is 2. The van der Waals surface area contributed by atoms with Crippen LogP contribution in [-0.2, 0) is 11.8 Å². The zero-order valence-corrected chi connectivity index (χ0v) is 17.7. The molecule has 29 heavy (non-hydrogen) atoms. The fraction of sp³-hybridized carbons (Fsp3) is 0.478. The first-order chi connectivity index (χ1) is 14.0. The Labute approximate surface area is 173 Å². The van der Waals surface area contributed by atoms with Crippen molar-refractivity contribution in [3.63, 3.8) is 0 Å². The van der Waals surface area contributed by atoms with Crippen LogP contribution in [0.4, 0.5) is 11.4 Å². The number of rotatable bonds is 8. The molecule has 2 amide bonds. The maximum atomic E-state index is 13.0. The molecule has 0 aliphatic carbocycles. The fourth-order valence-corrected chi connectivity index (χ4v) is 3.74. The van der Waals surface area contributed by atoms with Crippen LogP contribution in [0.5, 0.6) is 0 Å². The summed E-state index contributed by atoms with van der Waals surface area (Å²) in [5, 5.41) is 5.93. The number of nitrogens with one attached hydrogen (secondary N) is 2. The molecule has 2 N–H and O–H groups in total. The molecule has 6 heteroatoms. The molecular weight excluding hydrogens is 364 g/mol. The first-order valence-corrected chi connectivity index (χ1v) is 10.6. The summed E-state index contributed by atoms with van der Waals surface area (Å²) >= 11 is 0. The van der Waals surface area contributed by atoms with Gasteiger partial charge in [-0.25, -0.2) is 0 Å². The number of hydrogen-bond acceptors (Lipinski definition) is 3. The molecule has 1 aliphatic heterocycles. The highest BCUT2D eigenvalue weighted by Crippen LogP contribution is 2.23. The van der Waals surface area contributed by atoms with Crippen molar-refractivity contribution in [2.24, 2.45) is 7.05 Å². The molecule has 0 radical (unpaired) electrons. The normalized spacial score (nSPS) is 14.7. The van der Waals surface area contributed by atoms with E-state index in [2.05, 4.69) is 28.5 Å². The van der Waals surface area contributed by atoms with Gasteiger partial charge in [0, 0.05) is 37.2 Å². The van der Waals surface area contributed by atoms with Gasteiger partial charge in [-0.05, 0) is 56.5 Å². The molecule has 0 saturated carbocycles. The van der Waals surface area contributed by atoms with Crippen molar-refractivity contribution in [1.29, 1.82) is 0 Å². The van der Waals surface area contributed by atoms with Crippen molar-refractivity contribution in [3.05, 3.63) is 47.8 Å². The predicted molar refractivity (Wildman–Crippen MR) is 117 cm³/mol. The van der Waals surface area contributed by atoms with E-state index in [1.807, 2.05) is 42.8 Å². The van der Waals surface area contributed by atoms with Crippen molar-refractivity contribution in [1.82, 2.24) is 9.88 Å². The third kappa shape index (κ3) is 5.19. The maximum absolute atomic E-state index is 13.0. The molecule has 2 heterocycles. The van der Waals surface area contributed by atoms with Gasteiger partial charge in [-0.1, -0.05) is 25.8 Å². The standard InChI is InChI=1S/C23H32N4O2/c1-4-5-11-20(25-23(29)21-13-12-17(2)26(21)3)22(28)24-18-9-8-10-19(16-18)27-14-6-7-15-27/h8-10,12-13,16,20H,4-7,11,14-15H2,1-3H3,(H,24,28)(H,25,29). The smallest absolute Gasteiger partial charge is 0.268 e. The molecule has 6 nitrogen and oxygen atoms in total. The Bertz CT molecular complexity index is 852. The lowest BCUT2D eigenvalue weighted by atomic mass is 10.1. The summed E-state index contributed by atoms with van der Waals surface area (Å²) in [5.74, 6) is -0.390. The van der Waals surface area contributed by atoms with Gasteiger partial charge < -0.3 is 20.1 Å². The molecule has 1 aromatic heterocycles. The van der Waals surface area contributed by atoms with Crippen LogP contribution in [0.3, 0.4) is 0 Å². The number of aryl methyl sites for hydroxylation is 1. The summed E-state index contributed by atoms with van der Waals surface area (Å²) in [6.07, 6.45) is 4.87. The Morgan fingerprint density at radius 2 is 1.90 bits per heavy atom. The number of nitrogens with zero attached hydrogens (tertiary/aromatic N) is 2. The van der Waals surface area contributed by atoms with Crippen molar-refractivity contribution in [3.8, 4) is 0 Å². The lowest BCUT2D eigenvalue weighted by molar-refractivity contribution is -0.118. The summed E-state index contributed by atoms with van der Waals surface area (Å²) in [6, 6.07) is 11.1. The summed E-state index contributed by atoms with van der Waals surface area (Å²) in [5.41, 5.74) is 3.47. The van der Waals surface area contributed by atoms with Crippen LogP contribution in [0, 0.1) is 6.92 Å². The molecule has 0 spiro atoms. The quantitative estimate of drug-likeness (QED) is 0.712. The molecule has 1 fully saturated rings. The van der Waals surface area contributed by atoms with Gasteiger partial charge in [0.05, 0.1) is 0 Å². The SMILES string of the molecule is CCCCC(NC(=O)c1ccc(C)n1C)C(=O)Nc1cccc(N2CCCC2)c1. The van der Waals surface area contributed by atoms with E-state index in [1.165, 1.54) is 12.8 Å². The van der Waals surface area contributed by atoms with E-state index in [4.69, 9.17) is 0 Å². The second kappa shape index (κ2) is 9.63. The Hall–Kier alpha value is -2.76. The zero-order chi connectivity index (χ0) is 20.8. The van der Waals surface area contributed by atoms with E-state index < -0.39 is 6.04 Å². The minimum absolute atomic E-state index is 0.170. The highest BCUT2D eigenvalue weighted by Gasteiger charge is 2.23. The van der Waals surface area contributed by atoms with E-state index >= 15 is 0 Å². The number of hydrogen-bond donors (Lipinski definition) is 2. The van der Waals surface area contributed by atoms with Crippen LogP contribution in [0.2, 0.25) is 0 Å². The Morgan fingerprint density at radius 3 is 2.55 bits per heavy atom. The van der Waals surface area contributed by atoms with Crippen LogP contribution in [0.1, 0.15) is 55.2 Å². The average Bonchev–Trinajstić information content (AvgIpc) is 3.36. The first kappa shape index (κ1) is 21.0. The Balaban J connectivity index is 1.69. The number of amides is 2. The minimum atomic E-state index is -0.562. The largest absolute Gasteiger partial charge is 0.371 e. The van der Waals surface area contributed by atoms with Crippen molar-refractivity contribution in [2.45, 2.75) is 52.0 Å². The van der Waals surface area contributed by atoms with Gasteiger partial charge >= 0.3 is 0 Å². The van der Waals surface area contributed by atoms with Gasteiger partial charge in [-0.2, -0.15) is 0 Å². The van der Waals surface area contributed by atoms with E-state index in [0.29, 0.717) is 12.1 Å². The monoisotopic (exact) mass is 396 g/mol. The molecule has 2 aromatic rings. The number of benzene rings is 1. The van der Waals surface area contributed by atoms with Crippen LogP contribution >= 0.6 is 0 Å². The number of aromatic nitrogens is 1. The summed E-state index contributed by atoms with van der Waals surface area (Å²) < 4.78 is 1.84. The Morgan fingerprint density at radius 1 is 1.14 bits per heavy atom. The summed E-state index contributed by atoms with van der Waals surface area (Å²) in [4.78, 5) is 28.0. The predicted octanol–water partition coefficient (Wildman–Crippen LogP) is 3.86.